The van der Waals surface area contributed by atoms with Gasteiger partial charge in [-0.1, -0.05) is 24.3 Å². The summed E-state index contributed by atoms with van der Waals surface area (Å²) < 4.78 is 85.4. The number of nitrogens with one attached hydrogen (secondary N) is 2. The molecule has 3 aliphatic carbocycles. The van der Waals surface area contributed by atoms with Crippen molar-refractivity contribution in [3.05, 3.63) is 64.7 Å². The van der Waals surface area contributed by atoms with Crippen LogP contribution in [0.2, 0.25) is 0 Å². The van der Waals surface area contributed by atoms with E-state index in [9.17, 15) is 31.2 Å². The van der Waals surface area contributed by atoms with E-state index in [0.717, 1.165) is 16.7 Å². The molecule has 3 saturated carbocycles. The molecule has 2 heterocycles. The average molecular weight is 756 g/mol. The lowest BCUT2D eigenvalue weighted by Gasteiger charge is -2.60. The Bertz CT molecular complexity index is 2030. The Morgan fingerprint density at radius 3 is 2.34 bits per heavy atom. The summed E-state index contributed by atoms with van der Waals surface area (Å²) in [5.41, 5.74) is 1.24. The number of anilines is 1. The molecule has 2 aromatic carbocycles. The number of carbonyl (C=O) groups excluding carboxylic acids is 2. The summed E-state index contributed by atoms with van der Waals surface area (Å²) >= 11 is 0. The molecule has 4 bridgehead atoms. The molecular formula is C38H44F3N5O6S. The van der Waals surface area contributed by atoms with Crippen molar-refractivity contribution in [2.75, 3.05) is 11.3 Å². The maximum absolute atomic E-state index is 14.6. The first-order valence-corrected chi connectivity index (χ1v) is 19.5. The fraction of sp³-hybridized carbons (Fsp3) is 0.526. The Labute approximate surface area is 307 Å². The van der Waals surface area contributed by atoms with Crippen molar-refractivity contribution in [1.29, 1.82) is 0 Å². The van der Waals surface area contributed by atoms with Crippen LogP contribution in [0.25, 0.3) is 11.3 Å². The summed E-state index contributed by atoms with van der Waals surface area (Å²) in [5, 5.41) is 2.87. The molecule has 3 aromatic rings. The van der Waals surface area contributed by atoms with Gasteiger partial charge in [-0.05, 0) is 114 Å². The molecular weight excluding hydrogens is 712 g/mol. The van der Waals surface area contributed by atoms with E-state index in [2.05, 4.69) is 20.0 Å². The Balaban J connectivity index is 1.28. The molecule has 4 aliphatic rings. The van der Waals surface area contributed by atoms with Crippen LogP contribution in [0.4, 0.5) is 23.9 Å². The lowest BCUT2D eigenvalue weighted by atomic mass is 9.51. The number of aromatic nitrogens is 2. The molecule has 1 aromatic heterocycles. The van der Waals surface area contributed by atoms with Crippen LogP contribution in [0.15, 0.2) is 47.4 Å². The third-order valence-electron chi connectivity index (χ3n) is 11.3. The van der Waals surface area contributed by atoms with Gasteiger partial charge in [0.2, 0.25) is 11.8 Å². The fourth-order valence-electron chi connectivity index (χ4n) is 8.46. The predicted octanol–water partition coefficient (Wildman–Crippen LogP) is 7.25. The van der Waals surface area contributed by atoms with Crippen LogP contribution in [-0.4, -0.2) is 72.3 Å². The first-order valence-electron chi connectivity index (χ1n) is 18.0. The van der Waals surface area contributed by atoms with E-state index in [-0.39, 0.29) is 65.7 Å². The van der Waals surface area contributed by atoms with Gasteiger partial charge in [0, 0.05) is 28.8 Å². The van der Waals surface area contributed by atoms with Crippen molar-refractivity contribution in [1.82, 2.24) is 20.2 Å². The zero-order valence-corrected chi connectivity index (χ0v) is 31.2. The lowest BCUT2D eigenvalue weighted by Crippen LogP contribution is -2.64. The molecule has 0 saturated heterocycles. The second-order valence-corrected chi connectivity index (χ2v) is 17.3. The summed E-state index contributed by atoms with van der Waals surface area (Å²) in [5.74, 6) is -0.845. The minimum absolute atomic E-state index is 0.00170. The molecule has 7 rings (SSSR count). The first kappa shape index (κ1) is 36.9. The highest BCUT2D eigenvalue weighted by atomic mass is 32.2. The normalized spacial score (nSPS) is 25.8. The van der Waals surface area contributed by atoms with Crippen molar-refractivity contribution < 1.29 is 40.7 Å². The molecule has 53 heavy (non-hydrogen) atoms. The fourth-order valence-corrected chi connectivity index (χ4v) is 9.45. The molecule has 1 atom stereocenters. The van der Waals surface area contributed by atoms with E-state index < -0.39 is 45.7 Å². The average Bonchev–Trinajstić information content (AvgIpc) is 3.83. The molecule has 2 N–H and O–H groups in total. The summed E-state index contributed by atoms with van der Waals surface area (Å²) in [6.07, 6.45) is -3.45. The Morgan fingerprint density at radius 1 is 1.06 bits per heavy atom. The highest BCUT2D eigenvalue weighted by Crippen LogP contribution is 2.62. The molecule has 3 fully saturated rings. The van der Waals surface area contributed by atoms with Crippen LogP contribution in [0.5, 0.6) is 5.88 Å². The van der Waals surface area contributed by atoms with Gasteiger partial charge in [-0.3, -0.25) is 4.79 Å². The molecule has 15 heteroatoms. The van der Waals surface area contributed by atoms with E-state index in [4.69, 9.17) is 9.47 Å². The summed E-state index contributed by atoms with van der Waals surface area (Å²) in [7, 11) is -4.33. The van der Waals surface area contributed by atoms with Gasteiger partial charge in [0.1, 0.15) is 6.61 Å². The van der Waals surface area contributed by atoms with Crippen LogP contribution in [-0.2, 0) is 14.8 Å². The third-order valence-corrected chi connectivity index (χ3v) is 12.6. The zero-order chi connectivity index (χ0) is 38.1. The van der Waals surface area contributed by atoms with Gasteiger partial charge in [0.15, 0.2) is 0 Å². The summed E-state index contributed by atoms with van der Waals surface area (Å²) in [6, 6.07) is 9.60. The largest absolute Gasteiger partial charge is 0.475 e. The van der Waals surface area contributed by atoms with Gasteiger partial charge in [0.25, 0.3) is 15.9 Å². The zero-order valence-electron chi connectivity index (χ0n) is 30.3. The van der Waals surface area contributed by atoms with Crippen LogP contribution < -0.4 is 14.8 Å². The van der Waals surface area contributed by atoms with Crippen molar-refractivity contribution in [3.8, 4) is 17.1 Å². The second kappa shape index (κ2) is 13.2. The SMILES string of the molecule is Cc1cccc(C)c1-c1nc2nc(c1C)OC[C@@H](CC1(C(F)(F)F)CC1)N(C1CC3(CC(NC(=O)OC(C)C)C3)C1)C(=O)c1cccc(c1)S(=O)(=O)N2. The number of nitrogens with zero attached hydrogens (tertiary/aromatic N) is 3. The van der Waals surface area contributed by atoms with Crippen molar-refractivity contribution in [2.24, 2.45) is 10.8 Å². The number of hydrogen-bond acceptors (Lipinski definition) is 8. The molecule has 0 unspecified atom stereocenters. The number of aryl methyl sites for hydroxylation is 2. The highest BCUT2D eigenvalue weighted by Gasteiger charge is 2.65. The van der Waals surface area contributed by atoms with Gasteiger partial charge in [-0.2, -0.15) is 18.2 Å². The Morgan fingerprint density at radius 2 is 1.72 bits per heavy atom. The van der Waals surface area contributed by atoms with Gasteiger partial charge in [0.05, 0.1) is 28.2 Å². The Kier molecular flexibility index (Phi) is 9.18. The number of halogens is 3. The molecule has 0 radical (unpaired) electrons. The smallest absolute Gasteiger partial charge is 0.407 e. The van der Waals surface area contributed by atoms with Crippen LogP contribution >= 0.6 is 0 Å². The number of hydrogen-bond donors (Lipinski definition) is 2. The molecule has 284 valence electrons. The van der Waals surface area contributed by atoms with E-state index in [0.29, 0.717) is 36.9 Å². The molecule has 1 aliphatic heterocycles. The minimum atomic E-state index is -4.49. The standard InChI is InChI=1S/C38H44F3N5O6S/c1-21(2)52-35(48)42-26-15-36(16-26)17-27(18-36)46-28(19-37(12-13-37)38(39,40)41)20-51-32-24(5)31(30-22(3)8-6-9-23(30)4)43-34(44-32)45-53(49,50)29-11-7-10-25(14-29)33(46)47/h6-11,14,21,26-28H,12-13,15-20H2,1-5H3,(H,42,48)(H,43,44,45)/t26?,27?,28-,36?/m1/s1. The van der Waals surface area contributed by atoms with E-state index in [1.807, 2.05) is 32.0 Å². The Hall–Kier alpha value is -4.40. The molecule has 1 spiro atoms. The van der Waals surface area contributed by atoms with Crippen molar-refractivity contribution in [3.63, 3.8) is 0 Å². The first-order chi connectivity index (χ1) is 24.9. The quantitative estimate of drug-likeness (QED) is 0.268. The number of sulfonamides is 1. The topological polar surface area (TPSA) is 140 Å². The van der Waals surface area contributed by atoms with Crippen molar-refractivity contribution >= 4 is 28.0 Å². The van der Waals surface area contributed by atoms with E-state index >= 15 is 0 Å². The van der Waals surface area contributed by atoms with Crippen LogP contribution in [0.3, 0.4) is 0 Å². The van der Waals surface area contributed by atoms with Crippen LogP contribution in [0, 0.1) is 31.6 Å². The third kappa shape index (κ3) is 7.04. The minimum Gasteiger partial charge on any atom is -0.475 e. The number of ether oxygens (including phenoxy) is 2. The maximum atomic E-state index is 14.6. The van der Waals surface area contributed by atoms with Gasteiger partial charge >= 0.3 is 12.3 Å². The van der Waals surface area contributed by atoms with Crippen molar-refractivity contribution in [2.45, 2.75) is 115 Å². The van der Waals surface area contributed by atoms with Gasteiger partial charge < -0.3 is 19.7 Å². The predicted molar refractivity (Wildman–Crippen MR) is 190 cm³/mol. The molecule has 2 amide bonds. The number of benzene rings is 2. The molecule has 11 nitrogen and oxygen atoms in total. The van der Waals surface area contributed by atoms with Crippen LogP contribution in [0.1, 0.15) is 85.8 Å². The van der Waals surface area contributed by atoms with E-state index in [1.165, 1.54) is 29.2 Å². The summed E-state index contributed by atoms with van der Waals surface area (Å²) in [4.78, 5) is 37.1. The maximum Gasteiger partial charge on any atom is 0.407 e. The second-order valence-electron chi connectivity index (χ2n) is 15.7. The number of amides is 2. The summed E-state index contributed by atoms with van der Waals surface area (Å²) in [6.45, 7) is 8.73. The number of fused-ring (bicyclic) bond motifs is 4. The highest BCUT2D eigenvalue weighted by molar-refractivity contribution is 7.92. The number of alkyl carbamates (subject to hydrolysis) is 1. The van der Waals surface area contributed by atoms with Gasteiger partial charge in [-0.15, -0.1) is 0 Å². The van der Waals surface area contributed by atoms with Gasteiger partial charge in [-0.25, -0.2) is 22.9 Å². The monoisotopic (exact) mass is 755 g/mol. The van der Waals surface area contributed by atoms with E-state index in [1.54, 1.807) is 20.8 Å². The number of alkyl halides is 3. The number of carbonyl (C=O) groups is 2. The lowest BCUT2D eigenvalue weighted by molar-refractivity contribution is -0.194. The number of rotatable bonds is 6.